The van der Waals surface area contributed by atoms with Gasteiger partial charge in [0.1, 0.15) is 11.5 Å². The first-order valence-electron chi connectivity index (χ1n) is 8.37. The number of nitro benzene ring substituents is 2. The van der Waals surface area contributed by atoms with Crippen LogP contribution in [0.3, 0.4) is 0 Å². The lowest BCUT2D eigenvalue weighted by Gasteiger charge is -2.07. The molecule has 0 aliphatic rings. The van der Waals surface area contributed by atoms with Crippen LogP contribution in [0, 0.1) is 20.2 Å². The average Bonchev–Trinajstić information content (AvgIpc) is 2.74. The minimum Gasteiger partial charge on any atom is -0.423 e. The molecule has 0 N–H and O–H groups in total. The number of nitro groups is 2. The van der Waals surface area contributed by atoms with Crippen molar-refractivity contribution in [3.05, 3.63) is 104 Å². The lowest BCUT2D eigenvalue weighted by atomic mass is 10.2. The second kappa shape index (κ2) is 8.61. The van der Waals surface area contributed by atoms with E-state index in [0.29, 0.717) is 0 Å². The fourth-order valence-electron chi connectivity index (χ4n) is 2.37. The predicted octanol–water partition coefficient (Wildman–Crippen LogP) is 3.94. The highest BCUT2D eigenvalue weighted by molar-refractivity contribution is 5.92. The average molecular weight is 408 g/mol. The highest BCUT2D eigenvalue weighted by Gasteiger charge is 2.14. The van der Waals surface area contributed by atoms with Crippen molar-refractivity contribution in [2.45, 2.75) is 0 Å². The molecule has 0 heterocycles. The van der Waals surface area contributed by atoms with E-state index in [1.54, 1.807) is 0 Å². The van der Waals surface area contributed by atoms with Crippen LogP contribution in [0.15, 0.2) is 72.8 Å². The Balaban J connectivity index is 1.68. The van der Waals surface area contributed by atoms with E-state index < -0.39 is 21.8 Å². The van der Waals surface area contributed by atoms with Gasteiger partial charge < -0.3 is 9.47 Å². The van der Waals surface area contributed by atoms with Gasteiger partial charge in [-0.2, -0.15) is 0 Å². The van der Waals surface area contributed by atoms with Crippen molar-refractivity contribution in [2.24, 2.45) is 0 Å². The fraction of sp³-hybridized carbons (Fsp3) is 0. The van der Waals surface area contributed by atoms with Crippen LogP contribution in [-0.2, 0) is 0 Å². The van der Waals surface area contributed by atoms with Crippen LogP contribution in [0.1, 0.15) is 20.7 Å². The minimum atomic E-state index is -0.747. The van der Waals surface area contributed by atoms with Crippen LogP contribution in [0.4, 0.5) is 11.4 Å². The first-order chi connectivity index (χ1) is 14.3. The van der Waals surface area contributed by atoms with E-state index in [1.807, 2.05) is 0 Å². The van der Waals surface area contributed by atoms with Crippen molar-refractivity contribution in [3.63, 3.8) is 0 Å². The number of ether oxygens (including phenoxy) is 2. The molecule has 150 valence electrons. The molecule has 0 atom stereocenters. The third-order valence-corrected chi connectivity index (χ3v) is 3.85. The third kappa shape index (κ3) is 4.81. The number of carbonyl (C=O) groups is 2. The summed E-state index contributed by atoms with van der Waals surface area (Å²) in [5.74, 6) is -1.31. The molecule has 10 heteroatoms. The molecule has 0 aromatic heterocycles. The van der Waals surface area contributed by atoms with Crippen molar-refractivity contribution >= 4 is 23.3 Å². The number of esters is 2. The first kappa shape index (κ1) is 20.1. The molecule has 0 fully saturated rings. The van der Waals surface area contributed by atoms with Crippen molar-refractivity contribution < 1.29 is 28.9 Å². The SMILES string of the molecule is O=C(Oc1cccc(OC(=O)c2ccc([N+](=O)[O-])cc2)c1)c1ccc([N+](=O)[O-])cc1. The molecule has 0 amide bonds. The summed E-state index contributed by atoms with van der Waals surface area (Å²) in [6.45, 7) is 0. The largest absolute Gasteiger partial charge is 0.423 e. The Morgan fingerprint density at radius 2 is 1.00 bits per heavy atom. The molecule has 0 unspecified atom stereocenters. The monoisotopic (exact) mass is 408 g/mol. The molecule has 0 aliphatic carbocycles. The van der Waals surface area contributed by atoms with E-state index in [1.165, 1.54) is 72.8 Å². The zero-order valence-electron chi connectivity index (χ0n) is 15.1. The quantitative estimate of drug-likeness (QED) is 0.259. The summed E-state index contributed by atoms with van der Waals surface area (Å²) in [5.41, 5.74) is -0.110. The van der Waals surface area contributed by atoms with Gasteiger partial charge in [0, 0.05) is 30.3 Å². The van der Waals surface area contributed by atoms with Crippen LogP contribution in [0.5, 0.6) is 11.5 Å². The first-order valence-corrected chi connectivity index (χ1v) is 8.37. The summed E-state index contributed by atoms with van der Waals surface area (Å²) >= 11 is 0. The standard InChI is InChI=1S/C20H12N2O8/c23-19(13-4-8-15(9-5-13)21(25)26)29-17-2-1-3-18(12-17)30-20(24)14-6-10-16(11-7-14)22(27)28/h1-12H. The lowest BCUT2D eigenvalue weighted by Crippen LogP contribution is -2.10. The van der Waals surface area contributed by atoms with E-state index >= 15 is 0 Å². The summed E-state index contributed by atoms with van der Waals surface area (Å²) in [4.78, 5) is 44.5. The van der Waals surface area contributed by atoms with Crippen LogP contribution in [0.25, 0.3) is 0 Å². The molecule has 0 spiro atoms. The zero-order valence-corrected chi connectivity index (χ0v) is 15.1. The summed E-state index contributed by atoms with van der Waals surface area (Å²) in [6, 6.07) is 15.5. The Hall–Kier alpha value is -4.60. The van der Waals surface area contributed by atoms with E-state index in [-0.39, 0.29) is 34.0 Å². The molecule has 0 aliphatic heterocycles. The van der Waals surface area contributed by atoms with Gasteiger partial charge >= 0.3 is 11.9 Å². The van der Waals surface area contributed by atoms with E-state index in [0.717, 1.165) is 0 Å². The van der Waals surface area contributed by atoms with Gasteiger partial charge in [-0.05, 0) is 36.4 Å². The van der Waals surface area contributed by atoms with Crippen molar-refractivity contribution in [2.75, 3.05) is 0 Å². The van der Waals surface area contributed by atoms with Crippen molar-refractivity contribution in [1.29, 1.82) is 0 Å². The second-order valence-electron chi connectivity index (χ2n) is 5.86. The molecule has 30 heavy (non-hydrogen) atoms. The van der Waals surface area contributed by atoms with Gasteiger partial charge in [-0.15, -0.1) is 0 Å². The van der Waals surface area contributed by atoms with Gasteiger partial charge in [-0.3, -0.25) is 20.2 Å². The van der Waals surface area contributed by atoms with E-state index in [4.69, 9.17) is 9.47 Å². The molecule has 10 nitrogen and oxygen atoms in total. The zero-order chi connectivity index (χ0) is 21.7. The van der Waals surface area contributed by atoms with Gasteiger partial charge in [0.15, 0.2) is 0 Å². The van der Waals surface area contributed by atoms with Crippen LogP contribution >= 0.6 is 0 Å². The minimum absolute atomic E-state index is 0.0901. The lowest BCUT2D eigenvalue weighted by molar-refractivity contribution is -0.385. The van der Waals surface area contributed by atoms with Crippen molar-refractivity contribution in [1.82, 2.24) is 0 Å². The molecule has 3 rings (SSSR count). The Morgan fingerprint density at radius 1 is 0.633 bits per heavy atom. The maximum absolute atomic E-state index is 12.2. The Bertz CT molecular complexity index is 1040. The number of benzene rings is 3. The Kier molecular flexibility index (Phi) is 5.78. The van der Waals surface area contributed by atoms with Crippen molar-refractivity contribution in [3.8, 4) is 11.5 Å². The molecule has 0 bridgehead atoms. The Labute approximate surface area is 168 Å². The Morgan fingerprint density at radius 3 is 1.33 bits per heavy atom. The summed E-state index contributed by atoms with van der Waals surface area (Å²) in [5, 5.41) is 21.3. The maximum atomic E-state index is 12.2. The van der Waals surface area contributed by atoms with Crippen LogP contribution in [0.2, 0.25) is 0 Å². The summed E-state index contributed by atoms with van der Waals surface area (Å²) in [6.07, 6.45) is 0. The molecule has 0 saturated heterocycles. The van der Waals surface area contributed by atoms with E-state index in [9.17, 15) is 29.8 Å². The smallest absolute Gasteiger partial charge is 0.343 e. The van der Waals surface area contributed by atoms with Gasteiger partial charge in [0.25, 0.3) is 11.4 Å². The topological polar surface area (TPSA) is 139 Å². The molecular weight excluding hydrogens is 396 g/mol. The highest BCUT2D eigenvalue weighted by atomic mass is 16.6. The van der Waals surface area contributed by atoms with Gasteiger partial charge in [0.2, 0.25) is 0 Å². The van der Waals surface area contributed by atoms with Gasteiger partial charge in [-0.25, -0.2) is 9.59 Å². The highest BCUT2D eigenvalue weighted by Crippen LogP contribution is 2.22. The van der Waals surface area contributed by atoms with Gasteiger partial charge in [-0.1, -0.05) is 6.07 Å². The summed E-state index contributed by atoms with van der Waals surface area (Å²) < 4.78 is 10.4. The molecule has 0 radical (unpaired) electrons. The van der Waals surface area contributed by atoms with Crippen LogP contribution in [-0.4, -0.2) is 21.8 Å². The van der Waals surface area contributed by atoms with Gasteiger partial charge in [0.05, 0.1) is 21.0 Å². The number of rotatable bonds is 6. The third-order valence-electron chi connectivity index (χ3n) is 3.85. The molecule has 0 saturated carbocycles. The maximum Gasteiger partial charge on any atom is 0.343 e. The number of hydrogen-bond donors (Lipinski definition) is 0. The predicted molar refractivity (Wildman–Crippen MR) is 103 cm³/mol. The molecule has 3 aromatic carbocycles. The summed E-state index contributed by atoms with van der Waals surface area (Å²) in [7, 11) is 0. The number of non-ortho nitro benzene ring substituents is 2. The molecular formula is C20H12N2O8. The van der Waals surface area contributed by atoms with Crippen LogP contribution < -0.4 is 9.47 Å². The van der Waals surface area contributed by atoms with E-state index in [2.05, 4.69) is 0 Å². The number of hydrogen-bond acceptors (Lipinski definition) is 8. The fourth-order valence-corrected chi connectivity index (χ4v) is 2.37. The number of carbonyl (C=O) groups excluding carboxylic acids is 2. The number of nitrogens with zero attached hydrogens (tertiary/aromatic N) is 2. The second-order valence-corrected chi connectivity index (χ2v) is 5.86. The normalized spacial score (nSPS) is 10.1. The molecule has 3 aromatic rings.